The fourth-order valence-corrected chi connectivity index (χ4v) is 4.09. The Morgan fingerprint density at radius 2 is 2.04 bits per heavy atom. The maximum atomic E-state index is 14.4. The van der Waals surface area contributed by atoms with Gasteiger partial charge in [-0.2, -0.15) is 0 Å². The number of nitrogens with one attached hydrogen (secondary N) is 1. The monoisotopic (exact) mass is 407 g/mol. The molecule has 4 rings (SSSR count). The zero-order valence-corrected chi connectivity index (χ0v) is 16.2. The van der Waals surface area contributed by atoms with Crippen molar-refractivity contribution in [3.05, 3.63) is 69.4 Å². The van der Waals surface area contributed by atoms with Crippen LogP contribution in [-0.2, 0) is 6.42 Å². The summed E-state index contributed by atoms with van der Waals surface area (Å²) in [5.74, 6) is 1.91. The van der Waals surface area contributed by atoms with Crippen molar-refractivity contribution >= 4 is 38.8 Å². The van der Waals surface area contributed by atoms with Crippen LogP contribution in [0.25, 0.3) is 21.3 Å². The first-order chi connectivity index (χ1) is 13.6. The normalized spacial score (nSPS) is 10.7. The van der Waals surface area contributed by atoms with E-state index in [-0.39, 0.29) is 11.7 Å². The minimum atomic E-state index is -0.258. The van der Waals surface area contributed by atoms with E-state index >= 15 is 0 Å². The van der Waals surface area contributed by atoms with Crippen molar-refractivity contribution in [2.24, 2.45) is 0 Å². The molecule has 7 heteroatoms. The molecule has 0 atom stereocenters. The Labute approximate surface area is 169 Å². The third kappa shape index (κ3) is 3.79. The molecule has 2 aromatic carbocycles. The molecule has 138 valence electrons. The van der Waals surface area contributed by atoms with Crippen LogP contribution < -0.4 is 5.32 Å². The van der Waals surface area contributed by atoms with E-state index < -0.39 is 0 Å². The number of rotatable bonds is 5. The lowest BCUT2D eigenvalue weighted by atomic mass is 10.0. The maximum Gasteiger partial charge on any atom is 0.270 e. The Morgan fingerprint density at radius 3 is 2.79 bits per heavy atom. The van der Waals surface area contributed by atoms with Crippen molar-refractivity contribution in [3.8, 4) is 23.5 Å². The number of halogens is 1. The first-order valence-electron chi connectivity index (χ1n) is 8.46. The molecule has 4 nitrogen and oxygen atoms in total. The molecule has 0 saturated carbocycles. The lowest BCUT2D eigenvalue weighted by Gasteiger charge is -2.07. The van der Waals surface area contributed by atoms with Crippen molar-refractivity contribution in [2.75, 3.05) is 6.54 Å². The summed E-state index contributed by atoms with van der Waals surface area (Å²) in [5, 5.41) is 4.96. The van der Waals surface area contributed by atoms with E-state index in [9.17, 15) is 9.18 Å². The molecule has 28 heavy (non-hydrogen) atoms. The molecule has 2 heterocycles. The predicted molar refractivity (Wildman–Crippen MR) is 111 cm³/mol. The van der Waals surface area contributed by atoms with E-state index in [4.69, 9.17) is 6.42 Å². The van der Waals surface area contributed by atoms with Crippen LogP contribution in [0.5, 0.6) is 0 Å². The molecule has 2 aromatic heterocycles. The zero-order chi connectivity index (χ0) is 19.5. The standard InChI is InChI=1S/C21H14FN3OS2/c1-2-20-25-18(11-27-20)21(26)23-8-7-13-3-5-14(6-4-13)15-9-17-19(10-16(15)22)28-12-24-17/h1,3-6,9-12H,7-8H2,(H,23,26). The lowest BCUT2D eigenvalue weighted by Crippen LogP contribution is -2.25. The van der Waals surface area contributed by atoms with Crippen molar-refractivity contribution in [2.45, 2.75) is 6.42 Å². The van der Waals surface area contributed by atoms with E-state index in [2.05, 4.69) is 21.2 Å². The lowest BCUT2D eigenvalue weighted by molar-refractivity contribution is 0.0950. The van der Waals surface area contributed by atoms with Crippen LogP contribution in [-0.4, -0.2) is 22.4 Å². The Bertz CT molecular complexity index is 1190. The second-order valence-corrected chi connectivity index (χ2v) is 7.78. The molecule has 0 aliphatic heterocycles. The zero-order valence-electron chi connectivity index (χ0n) is 14.6. The molecule has 0 unspecified atom stereocenters. The molecule has 0 saturated heterocycles. The first kappa shape index (κ1) is 18.3. The van der Waals surface area contributed by atoms with Crippen LogP contribution in [0, 0.1) is 18.2 Å². The number of nitrogens with zero attached hydrogens (tertiary/aromatic N) is 2. The second kappa shape index (κ2) is 7.89. The summed E-state index contributed by atoms with van der Waals surface area (Å²) in [6.07, 6.45) is 5.92. The number of fused-ring (bicyclic) bond motifs is 1. The van der Waals surface area contributed by atoms with Crippen LogP contribution in [0.2, 0.25) is 0 Å². The Morgan fingerprint density at radius 1 is 1.21 bits per heavy atom. The Hall–Kier alpha value is -3.08. The average Bonchev–Trinajstić information content (AvgIpc) is 3.37. The summed E-state index contributed by atoms with van der Waals surface area (Å²) in [6.45, 7) is 0.472. The minimum Gasteiger partial charge on any atom is -0.350 e. The van der Waals surface area contributed by atoms with E-state index in [0.29, 0.717) is 29.2 Å². The highest BCUT2D eigenvalue weighted by atomic mass is 32.1. The van der Waals surface area contributed by atoms with Crippen molar-refractivity contribution in [1.29, 1.82) is 0 Å². The van der Waals surface area contributed by atoms with Gasteiger partial charge in [0.05, 0.1) is 15.7 Å². The quantitative estimate of drug-likeness (QED) is 0.495. The van der Waals surface area contributed by atoms with Gasteiger partial charge in [0.25, 0.3) is 5.91 Å². The summed E-state index contributed by atoms with van der Waals surface area (Å²) < 4.78 is 15.2. The molecule has 0 aliphatic carbocycles. The van der Waals surface area contributed by atoms with Gasteiger partial charge >= 0.3 is 0 Å². The fourth-order valence-electron chi connectivity index (χ4n) is 2.81. The Kier molecular flexibility index (Phi) is 5.15. The number of carbonyl (C=O) groups is 1. The van der Waals surface area contributed by atoms with Gasteiger partial charge in [-0.05, 0) is 35.6 Å². The molecular formula is C21H14FN3OS2. The SMILES string of the molecule is C#Cc1nc(C(=O)NCCc2ccc(-c3cc4ncsc4cc3F)cc2)cs1. The van der Waals surface area contributed by atoms with Crippen LogP contribution in [0.1, 0.15) is 21.1 Å². The predicted octanol–water partition coefficient (Wildman–Crippen LogP) is 4.51. The summed E-state index contributed by atoms with van der Waals surface area (Å²) in [5.41, 5.74) is 5.21. The van der Waals surface area contributed by atoms with Crippen LogP contribution >= 0.6 is 22.7 Å². The molecule has 1 N–H and O–H groups in total. The number of thiazole rings is 2. The first-order valence-corrected chi connectivity index (χ1v) is 10.2. The van der Waals surface area contributed by atoms with Gasteiger partial charge < -0.3 is 5.32 Å². The molecule has 1 amide bonds. The fraction of sp³-hybridized carbons (Fsp3) is 0.0952. The number of terminal acetylenes is 1. The number of hydrogen-bond acceptors (Lipinski definition) is 5. The maximum absolute atomic E-state index is 14.4. The van der Waals surface area contributed by atoms with Gasteiger partial charge in [-0.25, -0.2) is 14.4 Å². The third-order valence-corrected chi connectivity index (χ3v) is 5.81. The molecule has 0 fully saturated rings. The van der Waals surface area contributed by atoms with Gasteiger partial charge in [-0.15, -0.1) is 29.1 Å². The highest BCUT2D eigenvalue weighted by molar-refractivity contribution is 7.16. The van der Waals surface area contributed by atoms with E-state index in [1.807, 2.05) is 24.3 Å². The molecule has 0 bridgehead atoms. The van der Waals surface area contributed by atoms with Gasteiger partial charge in [0.15, 0.2) is 5.01 Å². The van der Waals surface area contributed by atoms with Crippen LogP contribution in [0.4, 0.5) is 4.39 Å². The number of aromatic nitrogens is 2. The highest BCUT2D eigenvalue weighted by Gasteiger charge is 2.10. The third-order valence-electron chi connectivity index (χ3n) is 4.24. The number of carbonyl (C=O) groups excluding carboxylic acids is 1. The molecule has 0 aliphatic rings. The van der Waals surface area contributed by atoms with Gasteiger partial charge in [0.1, 0.15) is 11.5 Å². The van der Waals surface area contributed by atoms with E-state index in [1.165, 1.54) is 28.7 Å². The number of amides is 1. The molecule has 0 spiro atoms. The second-order valence-electron chi connectivity index (χ2n) is 6.04. The van der Waals surface area contributed by atoms with E-state index in [0.717, 1.165) is 21.3 Å². The smallest absolute Gasteiger partial charge is 0.270 e. The van der Waals surface area contributed by atoms with Gasteiger partial charge in [0.2, 0.25) is 0 Å². The van der Waals surface area contributed by atoms with Crippen molar-refractivity contribution < 1.29 is 9.18 Å². The van der Waals surface area contributed by atoms with Crippen molar-refractivity contribution in [1.82, 2.24) is 15.3 Å². The number of hydrogen-bond donors (Lipinski definition) is 1. The van der Waals surface area contributed by atoms with Crippen molar-refractivity contribution in [3.63, 3.8) is 0 Å². The largest absolute Gasteiger partial charge is 0.350 e. The van der Waals surface area contributed by atoms with Crippen LogP contribution in [0.15, 0.2) is 47.3 Å². The van der Waals surface area contributed by atoms with Crippen LogP contribution in [0.3, 0.4) is 0 Å². The highest BCUT2D eigenvalue weighted by Crippen LogP contribution is 2.29. The molecular weight excluding hydrogens is 393 g/mol. The summed E-state index contributed by atoms with van der Waals surface area (Å²) >= 11 is 2.69. The minimum absolute atomic E-state index is 0.243. The molecule has 4 aromatic rings. The summed E-state index contributed by atoms with van der Waals surface area (Å²) in [6, 6.07) is 10.9. The van der Waals surface area contributed by atoms with Gasteiger partial charge in [-0.1, -0.05) is 24.3 Å². The van der Waals surface area contributed by atoms with E-state index in [1.54, 1.807) is 17.0 Å². The Balaban J connectivity index is 1.39. The molecule has 0 radical (unpaired) electrons. The average molecular weight is 407 g/mol. The van der Waals surface area contributed by atoms with Gasteiger partial charge in [-0.3, -0.25) is 4.79 Å². The van der Waals surface area contributed by atoms with Gasteiger partial charge in [0, 0.05) is 17.5 Å². The summed E-state index contributed by atoms with van der Waals surface area (Å²) in [4.78, 5) is 20.3. The topological polar surface area (TPSA) is 54.9 Å². The summed E-state index contributed by atoms with van der Waals surface area (Å²) in [7, 11) is 0. The number of benzene rings is 2.